The second-order valence-corrected chi connectivity index (χ2v) is 5.62. The number of anilines is 2. The van der Waals surface area contributed by atoms with E-state index in [1.54, 1.807) is 12.1 Å². The highest BCUT2D eigenvalue weighted by Gasteiger charge is 2.43. The average Bonchev–Trinajstić information content (AvgIpc) is 2.54. The molecule has 24 heavy (non-hydrogen) atoms. The van der Waals surface area contributed by atoms with Gasteiger partial charge in [-0.2, -0.15) is 13.2 Å². The molecule has 2 rings (SSSR count). The summed E-state index contributed by atoms with van der Waals surface area (Å²) in [5, 5.41) is 2.78. The number of rotatable bonds is 4. The van der Waals surface area contributed by atoms with E-state index in [9.17, 15) is 22.8 Å². The zero-order valence-electron chi connectivity index (χ0n) is 13.4. The maximum atomic E-state index is 12.4. The Morgan fingerprint density at radius 2 is 1.67 bits per heavy atom. The number of nitrogens with zero attached hydrogens (tertiary/aromatic N) is 2. The van der Waals surface area contributed by atoms with Crippen LogP contribution >= 0.6 is 0 Å². The topological polar surface area (TPSA) is 52.7 Å². The molecule has 1 aliphatic heterocycles. The van der Waals surface area contributed by atoms with E-state index in [1.165, 1.54) is 0 Å². The molecule has 1 aromatic rings. The van der Waals surface area contributed by atoms with E-state index >= 15 is 0 Å². The Morgan fingerprint density at radius 1 is 1.08 bits per heavy atom. The molecule has 8 heteroatoms. The van der Waals surface area contributed by atoms with Crippen LogP contribution in [0.3, 0.4) is 0 Å². The van der Waals surface area contributed by atoms with Crippen LogP contribution in [0.5, 0.6) is 0 Å². The Labute approximate surface area is 138 Å². The largest absolute Gasteiger partial charge is 0.471 e. The molecule has 1 N–H and O–H groups in total. The summed E-state index contributed by atoms with van der Waals surface area (Å²) in [6.07, 6.45) is -3.59. The number of hydrogen-bond donors (Lipinski definition) is 1. The Hall–Kier alpha value is -2.25. The van der Waals surface area contributed by atoms with Gasteiger partial charge in [-0.25, -0.2) is 0 Å². The summed E-state index contributed by atoms with van der Waals surface area (Å²) in [4.78, 5) is 25.5. The molecular formula is C16H20F3N3O2. The smallest absolute Gasteiger partial charge is 0.368 e. The standard InChI is InChI=1S/C16H20F3N3O2/c1-2-3-14(23)20-12-4-6-13(7-5-12)21-8-10-22(11-9-21)15(24)16(17,18)19/h4-7H,2-3,8-11H2,1H3,(H,20,23). The van der Waals surface area contributed by atoms with E-state index in [2.05, 4.69) is 5.32 Å². The highest BCUT2D eigenvalue weighted by atomic mass is 19.4. The van der Waals surface area contributed by atoms with E-state index in [4.69, 9.17) is 0 Å². The zero-order chi connectivity index (χ0) is 17.7. The molecule has 132 valence electrons. The minimum Gasteiger partial charge on any atom is -0.368 e. The molecule has 5 nitrogen and oxygen atoms in total. The van der Waals surface area contributed by atoms with Crippen molar-refractivity contribution >= 4 is 23.2 Å². The third-order valence-electron chi connectivity index (χ3n) is 3.80. The average molecular weight is 343 g/mol. The van der Waals surface area contributed by atoms with Crippen molar-refractivity contribution in [3.8, 4) is 0 Å². The molecule has 0 saturated carbocycles. The van der Waals surface area contributed by atoms with Crippen LogP contribution in [0.4, 0.5) is 24.5 Å². The first kappa shape index (κ1) is 18.1. The number of carbonyl (C=O) groups excluding carboxylic acids is 2. The minimum absolute atomic E-state index is 0.0351. The molecule has 1 heterocycles. The van der Waals surface area contributed by atoms with Crippen molar-refractivity contribution in [3.63, 3.8) is 0 Å². The van der Waals surface area contributed by atoms with Crippen LogP contribution in [0.15, 0.2) is 24.3 Å². The van der Waals surface area contributed by atoms with Gasteiger partial charge in [-0.1, -0.05) is 6.92 Å². The summed E-state index contributed by atoms with van der Waals surface area (Å²) < 4.78 is 37.3. The molecule has 1 fully saturated rings. The van der Waals surface area contributed by atoms with E-state index < -0.39 is 12.1 Å². The highest BCUT2D eigenvalue weighted by Crippen LogP contribution is 2.23. The summed E-state index contributed by atoms with van der Waals surface area (Å²) in [5.41, 5.74) is 1.53. The quantitative estimate of drug-likeness (QED) is 0.914. The summed E-state index contributed by atoms with van der Waals surface area (Å²) in [6.45, 7) is 2.67. The lowest BCUT2D eigenvalue weighted by molar-refractivity contribution is -0.185. The molecule has 0 unspecified atom stereocenters. The molecule has 2 amide bonds. The van der Waals surface area contributed by atoms with Crippen LogP contribution in [0.1, 0.15) is 19.8 Å². The number of alkyl halides is 3. The van der Waals surface area contributed by atoms with E-state index in [0.29, 0.717) is 25.2 Å². The van der Waals surface area contributed by atoms with Gasteiger partial charge in [0.25, 0.3) is 0 Å². The van der Waals surface area contributed by atoms with Gasteiger partial charge < -0.3 is 15.1 Å². The van der Waals surface area contributed by atoms with Gasteiger partial charge in [-0.05, 0) is 30.7 Å². The van der Waals surface area contributed by atoms with Crippen molar-refractivity contribution < 1.29 is 22.8 Å². The number of halogens is 3. The van der Waals surface area contributed by atoms with Gasteiger partial charge in [0.05, 0.1) is 0 Å². The Morgan fingerprint density at radius 3 is 2.17 bits per heavy atom. The Kier molecular flexibility index (Phi) is 5.69. The number of nitrogens with one attached hydrogen (secondary N) is 1. The predicted octanol–water partition coefficient (Wildman–Crippen LogP) is 2.64. The van der Waals surface area contributed by atoms with Crippen molar-refractivity contribution in [2.75, 3.05) is 36.4 Å². The van der Waals surface area contributed by atoms with E-state index in [1.807, 2.05) is 24.0 Å². The lowest BCUT2D eigenvalue weighted by Gasteiger charge is -2.36. The van der Waals surface area contributed by atoms with Gasteiger partial charge in [0.2, 0.25) is 5.91 Å². The van der Waals surface area contributed by atoms with Crippen molar-refractivity contribution in [2.45, 2.75) is 25.9 Å². The number of carbonyl (C=O) groups is 2. The van der Waals surface area contributed by atoms with Gasteiger partial charge in [-0.15, -0.1) is 0 Å². The molecule has 0 bridgehead atoms. The first-order valence-electron chi connectivity index (χ1n) is 7.82. The fourth-order valence-electron chi connectivity index (χ4n) is 2.55. The van der Waals surface area contributed by atoms with Crippen LogP contribution in [-0.2, 0) is 9.59 Å². The third-order valence-corrected chi connectivity index (χ3v) is 3.80. The van der Waals surface area contributed by atoms with Crippen LogP contribution in [0.2, 0.25) is 0 Å². The monoisotopic (exact) mass is 343 g/mol. The van der Waals surface area contributed by atoms with Crippen molar-refractivity contribution in [1.29, 1.82) is 0 Å². The van der Waals surface area contributed by atoms with E-state index in [0.717, 1.165) is 17.0 Å². The fraction of sp³-hybridized carbons (Fsp3) is 0.500. The van der Waals surface area contributed by atoms with Crippen LogP contribution in [0.25, 0.3) is 0 Å². The zero-order valence-corrected chi connectivity index (χ0v) is 13.4. The fourth-order valence-corrected chi connectivity index (χ4v) is 2.55. The Balaban J connectivity index is 1.90. The number of amides is 2. The lowest BCUT2D eigenvalue weighted by atomic mass is 10.2. The van der Waals surface area contributed by atoms with Crippen molar-refractivity contribution in [3.05, 3.63) is 24.3 Å². The van der Waals surface area contributed by atoms with Gasteiger partial charge in [0, 0.05) is 44.0 Å². The summed E-state index contributed by atoms with van der Waals surface area (Å²) in [7, 11) is 0. The normalized spacial score (nSPS) is 15.3. The molecule has 0 spiro atoms. The number of piperazine rings is 1. The predicted molar refractivity (Wildman–Crippen MR) is 84.8 cm³/mol. The first-order valence-corrected chi connectivity index (χ1v) is 7.82. The van der Waals surface area contributed by atoms with Crippen LogP contribution in [-0.4, -0.2) is 49.1 Å². The molecule has 1 aromatic carbocycles. The Bertz CT molecular complexity index is 579. The second-order valence-electron chi connectivity index (χ2n) is 5.62. The van der Waals surface area contributed by atoms with Crippen LogP contribution < -0.4 is 10.2 Å². The minimum atomic E-state index is -4.82. The maximum Gasteiger partial charge on any atom is 0.471 e. The first-order chi connectivity index (χ1) is 11.3. The molecule has 1 saturated heterocycles. The third kappa shape index (κ3) is 4.62. The van der Waals surface area contributed by atoms with Crippen molar-refractivity contribution in [1.82, 2.24) is 4.90 Å². The summed E-state index contributed by atoms with van der Waals surface area (Å²) >= 11 is 0. The van der Waals surface area contributed by atoms with Gasteiger partial charge in [0.1, 0.15) is 0 Å². The molecule has 0 radical (unpaired) electrons. The number of benzene rings is 1. The SMILES string of the molecule is CCCC(=O)Nc1ccc(N2CCN(C(=O)C(F)(F)F)CC2)cc1. The van der Waals surface area contributed by atoms with Crippen LogP contribution in [0, 0.1) is 0 Å². The van der Waals surface area contributed by atoms with Gasteiger partial charge >= 0.3 is 12.1 Å². The van der Waals surface area contributed by atoms with Gasteiger partial charge in [0.15, 0.2) is 0 Å². The maximum absolute atomic E-state index is 12.4. The summed E-state index contributed by atoms with van der Waals surface area (Å²) in [6, 6.07) is 7.14. The molecule has 0 atom stereocenters. The van der Waals surface area contributed by atoms with E-state index in [-0.39, 0.29) is 19.0 Å². The number of hydrogen-bond acceptors (Lipinski definition) is 3. The lowest BCUT2D eigenvalue weighted by Crippen LogP contribution is -2.52. The second kappa shape index (κ2) is 7.55. The van der Waals surface area contributed by atoms with Gasteiger partial charge in [-0.3, -0.25) is 9.59 Å². The summed E-state index contributed by atoms with van der Waals surface area (Å²) in [5.74, 6) is -1.83. The molecule has 0 aliphatic carbocycles. The highest BCUT2D eigenvalue weighted by molar-refractivity contribution is 5.90. The molecule has 0 aromatic heterocycles. The molecule has 1 aliphatic rings. The van der Waals surface area contributed by atoms with Crippen molar-refractivity contribution in [2.24, 2.45) is 0 Å². The molecular weight excluding hydrogens is 323 g/mol.